The van der Waals surface area contributed by atoms with E-state index in [1.54, 1.807) is 12.2 Å². The van der Waals surface area contributed by atoms with Crippen molar-refractivity contribution in [2.24, 2.45) is 5.73 Å². The Hall–Kier alpha value is -0.890. The highest BCUT2D eigenvalue weighted by atomic mass is 16.1. The summed E-state index contributed by atoms with van der Waals surface area (Å²) in [5.41, 5.74) is 5.37. The van der Waals surface area contributed by atoms with E-state index in [1.807, 2.05) is 0 Å². The molecule has 8 heavy (non-hydrogen) atoms. The van der Waals surface area contributed by atoms with E-state index >= 15 is 0 Å². The molecule has 0 spiro atoms. The van der Waals surface area contributed by atoms with Gasteiger partial charge in [0, 0.05) is 6.04 Å². The number of hydrogen-bond acceptors (Lipinski definition) is 2. The number of hydrogen-bond donors (Lipinski definition) is 1. The fourth-order valence-electron chi connectivity index (χ4n) is 0.532. The van der Waals surface area contributed by atoms with Crippen LogP contribution in [0.1, 0.15) is 0 Å². The van der Waals surface area contributed by atoms with Gasteiger partial charge in [-0.3, -0.25) is 4.79 Å². The van der Waals surface area contributed by atoms with Crippen LogP contribution in [0.2, 0.25) is 0 Å². The summed E-state index contributed by atoms with van der Waals surface area (Å²) in [4.78, 5) is 10.4. The number of allylic oxidation sites excluding steroid dienone is 2. The van der Waals surface area contributed by atoms with Gasteiger partial charge in [-0.25, -0.2) is 0 Å². The van der Waals surface area contributed by atoms with Gasteiger partial charge in [-0.1, -0.05) is 12.2 Å². The highest BCUT2D eigenvalue weighted by molar-refractivity contribution is 6.00. The molecule has 0 aromatic carbocycles. The highest BCUT2D eigenvalue weighted by Gasteiger charge is 1.98. The molecule has 0 aromatic heterocycles. The molecule has 2 nitrogen and oxygen atoms in total. The lowest BCUT2D eigenvalue weighted by Gasteiger charge is -1.99. The lowest BCUT2D eigenvalue weighted by molar-refractivity contribution is -0.110. The maximum atomic E-state index is 10.4. The van der Waals surface area contributed by atoms with Gasteiger partial charge in [0.2, 0.25) is 0 Å². The average Bonchev–Trinajstić information content (AvgIpc) is 1.77. The summed E-state index contributed by atoms with van der Waals surface area (Å²) in [5, 5.41) is 0. The van der Waals surface area contributed by atoms with Gasteiger partial charge >= 0.3 is 0 Å². The zero-order valence-electron chi connectivity index (χ0n) is 4.37. The molecular formula is C6H7NO. The summed E-state index contributed by atoms with van der Waals surface area (Å²) < 4.78 is 0. The van der Waals surface area contributed by atoms with Crippen LogP contribution in [0.3, 0.4) is 0 Å². The Bertz CT molecular complexity index is 142. The largest absolute Gasteiger partial charge is 0.321 e. The normalized spacial score (nSPS) is 19.9. The third-order valence-electron chi connectivity index (χ3n) is 0.965. The minimum Gasteiger partial charge on any atom is -0.321 e. The third kappa shape index (κ3) is 1.04. The van der Waals surface area contributed by atoms with E-state index in [9.17, 15) is 4.79 Å². The van der Waals surface area contributed by atoms with Gasteiger partial charge in [0.05, 0.1) is 0 Å². The molecule has 0 radical (unpaired) electrons. The Morgan fingerprint density at radius 1 is 1.38 bits per heavy atom. The van der Waals surface area contributed by atoms with Crippen LogP contribution in [0.15, 0.2) is 24.3 Å². The molecule has 1 aliphatic carbocycles. The van der Waals surface area contributed by atoms with Crippen molar-refractivity contribution in [2.75, 3.05) is 0 Å². The number of nitrogens with two attached hydrogens (primary N) is 1. The maximum absolute atomic E-state index is 10.4. The summed E-state index contributed by atoms with van der Waals surface area (Å²) in [7, 11) is 0. The average molecular weight is 109 g/mol. The molecule has 0 saturated carbocycles. The van der Waals surface area contributed by atoms with Crippen molar-refractivity contribution < 1.29 is 4.79 Å². The number of carbonyl (C=O) groups is 1. The molecule has 0 bridgehead atoms. The fourth-order valence-corrected chi connectivity index (χ4v) is 0.532. The van der Waals surface area contributed by atoms with Crippen molar-refractivity contribution >= 4 is 5.78 Å². The van der Waals surface area contributed by atoms with Gasteiger partial charge < -0.3 is 5.73 Å². The van der Waals surface area contributed by atoms with Crippen LogP contribution in [0, 0.1) is 0 Å². The second kappa shape index (κ2) is 1.92. The molecule has 1 rings (SSSR count). The first-order valence-electron chi connectivity index (χ1n) is 2.45. The van der Waals surface area contributed by atoms with Crippen molar-refractivity contribution in [3.05, 3.63) is 24.3 Å². The van der Waals surface area contributed by atoms with E-state index in [0.717, 1.165) is 0 Å². The van der Waals surface area contributed by atoms with Gasteiger partial charge in [0.25, 0.3) is 0 Å². The van der Waals surface area contributed by atoms with E-state index in [2.05, 4.69) is 0 Å². The number of carbonyl (C=O) groups excluding carboxylic acids is 1. The molecule has 0 heterocycles. The monoisotopic (exact) mass is 109 g/mol. The summed E-state index contributed by atoms with van der Waals surface area (Å²) >= 11 is 0. The van der Waals surface area contributed by atoms with Crippen molar-refractivity contribution in [3.63, 3.8) is 0 Å². The van der Waals surface area contributed by atoms with Crippen molar-refractivity contribution in [1.82, 2.24) is 0 Å². The summed E-state index contributed by atoms with van der Waals surface area (Å²) in [5.74, 6) is 0.0201. The van der Waals surface area contributed by atoms with Crippen molar-refractivity contribution in [1.29, 1.82) is 0 Å². The molecule has 0 aromatic rings. The molecule has 0 aliphatic heterocycles. The van der Waals surface area contributed by atoms with Gasteiger partial charge in [-0.2, -0.15) is 0 Å². The first kappa shape index (κ1) is 5.25. The summed E-state index contributed by atoms with van der Waals surface area (Å²) in [6.07, 6.45) is 6.29. The Kier molecular flexibility index (Phi) is 1.26. The molecule has 0 fully saturated rings. The second-order valence-electron chi connectivity index (χ2n) is 1.70. The quantitative estimate of drug-likeness (QED) is 0.476. The van der Waals surface area contributed by atoms with Crippen LogP contribution in [0.4, 0.5) is 0 Å². The van der Waals surface area contributed by atoms with Gasteiger partial charge in [-0.05, 0) is 12.2 Å². The van der Waals surface area contributed by atoms with E-state index in [-0.39, 0.29) is 11.8 Å². The van der Waals surface area contributed by atoms with Gasteiger partial charge in [-0.15, -0.1) is 0 Å². The second-order valence-corrected chi connectivity index (χ2v) is 1.70. The van der Waals surface area contributed by atoms with Crippen LogP contribution in [-0.4, -0.2) is 11.8 Å². The van der Waals surface area contributed by atoms with Crippen molar-refractivity contribution in [3.8, 4) is 0 Å². The predicted octanol–water partition coefficient (Wildman–Crippen LogP) is 0.00880. The SMILES string of the molecule is NC1C=CC(=O)C=C1. The van der Waals surface area contributed by atoms with E-state index in [4.69, 9.17) is 5.73 Å². The lowest BCUT2D eigenvalue weighted by Crippen LogP contribution is -2.16. The first-order valence-corrected chi connectivity index (χ1v) is 2.45. The Morgan fingerprint density at radius 2 is 1.88 bits per heavy atom. The molecule has 1 aliphatic rings. The maximum Gasteiger partial charge on any atom is 0.178 e. The Morgan fingerprint density at radius 3 is 2.25 bits per heavy atom. The Labute approximate surface area is 47.7 Å². The molecule has 0 unspecified atom stereocenters. The molecule has 42 valence electrons. The topological polar surface area (TPSA) is 43.1 Å². The number of rotatable bonds is 0. The highest BCUT2D eigenvalue weighted by Crippen LogP contribution is 1.93. The Balaban J connectivity index is 2.68. The zero-order valence-corrected chi connectivity index (χ0v) is 4.37. The van der Waals surface area contributed by atoms with E-state index in [1.165, 1.54) is 12.2 Å². The fraction of sp³-hybridized carbons (Fsp3) is 0.167. The summed E-state index contributed by atoms with van der Waals surface area (Å²) in [6, 6.07) is -0.0623. The van der Waals surface area contributed by atoms with Crippen LogP contribution in [-0.2, 0) is 4.79 Å². The lowest BCUT2D eigenvalue weighted by atomic mass is 10.1. The molecule has 0 amide bonds. The van der Waals surface area contributed by atoms with Crippen LogP contribution in [0.5, 0.6) is 0 Å². The minimum absolute atomic E-state index is 0.0201. The van der Waals surface area contributed by atoms with Crippen LogP contribution < -0.4 is 5.73 Å². The van der Waals surface area contributed by atoms with Crippen LogP contribution >= 0.6 is 0 Å². The van der Waals surface area contributed by atoms with E-state index < -0.39 is 0 Å². The standard InChI is InChI=1S/C6H7NO/c7-5-1-3-6(8)4-2-5/h1-5H,7H2. The molecule has 0 saturated heterocycles. The molecule has 2 N–H and O–H groups in total. The van der Waals surface area contributed by atoms with Crippen LogP contribution in [0.25, 0.3) is 0 Å². The zero-order chi connectivity index (χ0) is 5.98. The van der Waals surface area contributed by atoms with Gasteiger partial charge in [0.15, 0.2) is 5.78 Å². The van der Waals surface area contributed by atoms with E-state index in [0.29, 0.717) is 0 Å². The number of ketones is 1. The molecule has 0 atom stereocenters. The first-order chi connectivity index (χ1) is 3.79. The predicted molar refractivity (Wildman–Crippen MR) is 31.3 cm³/mol. The summed E-state index contributed by atoms with van der Waals surface area (Å²) in [6.45, 7) is 0. The van der Waals surface area contributed by atoms with Crippen molar-refractivity contribution in [2.45, 2.75) is 6.04 Å². The smallest absolute Gasteiger partial charge is 0.178 e. The molecule has 2 heteroatoms. The molecular weight excluding hydrogens is 102 g/mol. The third-order valence-corrected chi connectivity index (χ3v) is 0.965. The minimum atomic E-state index is -0.0623. The van der Waals surface area contributed by atoms with Gasteiger partial charge in [0.1, 0.15) is 0 Å².